The van der Waals surface area contributed by atoms with Gasteiger partial charge >= 0.3 is 5.97 Å². The molecule has 0 aromatic heterocycles. The third-order valence-electron chi connectivity index (χ3n) is 2.77. The van der Waals surface area contributed by atoms with Gasteiger partial charge in [0.15, 0.2) is 0 Å². The lowest BCUT2D eigenvalue weighted by molar-refractivity contribution is 0.0692. The number of hydrogen-bond acceptors (Lipinski definition) is 3. The van der Waals surface area contributed by atoms with Crippen molar-refractivity contribution in [2.45, 2.75) is 13.2 Å². The van der Waals surface area contributed by atoms with Crippen LogP contribution in [0, 0.1) is 0 Å². The van der Waals surface area contributed by atoms with Crippen molar-refractivity contribution >= 4 is 17.6 Å². The third-order valence-corrected chi connectivity index (χ3v) is 3.01. The summed E-state index contributed by atoms with van der Waals surface area (Å²) in [5, 5.41) is 18.4. The lowest BCUT2D eigenvalue weighted by Crippen LogP contribution is -2.03. The van der Waals surface area contributed by atoms with E-state index >= 15 is 0 Å². The highest BCUT2D eigenvalue weighted by atomic mass is 35.5. The molecule has 2 aromatic rings. The molecule has 4 nitrogen and oxygen atoms in total. The highest BCUT2D eigenvalue weighted by Crippen LogP contribution is 2.24. The summed E-state index contributed by atoms with van der Waals surface area (Å²) in [7, 11) is 0. The molecule has 0 amide bonds. The Kier molecular flexibility index (Phi) is 4.61. The molecule has 0 heterocycles. The molecule has 2 aromatic carbocycles. The molecule has 20 heavy (non-hydrogen) atoms. The zero-order chi connectivity index (χ0) is 14.5. The first kappa shape index (κ1) is 14.4. The topological polar surface area (TPSA) is 66.8 Å². The van der Waals surface area contributed by atoms with Crippen molar-refractivity contribution in [2.24, 2.45) is 0 Å². The highest BCUT2D eigenvalue weighted by molar-refractivity contribution is 6.30. The van der Waals surface area contributed by atoms with Crippen LogP contribution in [0.3, 0.4) is 0 Å². The van der Waals surface area contributed by atoms with Gasteiger partial charge in [-0.25, -0.2) is 4.79 Å². The Morgan fingerprint density at radius 2 is 1.75 bits per heavy atom. The molecular formula is C15H13ClO4. The Bertz CT molecular complexity index is 608. The average molecular weight is 293 g/mol. The Hall–Kier alpha value is -2.04. The van der Waals surface area contributed by atoms with Gasteiger partial charge in [-0.2, -0.15) is 0 Å². The lowest BCUT2D eigenvalue weighted by atomic mass is 10.1. The van der Waals surface area contributed by atoms with E-state index in [1.54, 1.807) is 12.1 Å². The summed E-state index contributed by atoms with van der Waals surface area (Å²) < 4.78 is 5.51. The lowest BCUT2D eigenvalue weighted by Gasteiger charge is -2.10. The number of halogens is 1. The fourth-order valence-electron chi connectivity index (χ4n) is 1.69. The minimum atomic E-state index is -1.06. The van der Waals surface area contributed by atoms with Crippen LogP contribution in [0.15, 0.2) is 42.5 Å². The Balaban J connectivity index is 2.13. The van der Waals surface area contributed by atoms with E-state index < -0.39 is 5.97 Å². The Morgan fingerprint density at radius 1 is 1.10 bits per heavy atom. The molecule has 0 aliphatic carbocycles. The predicted molar refractivity (Wildman–Crippen MR) is 75.1 cm³/mol. The number of aliphatic hydroxyl groups excluding tert-OH is 1. The third kappa shape index (κ3) is 3.50. The first-order valence-corrected chi connectivity index (χ1v) is 6.32. The van der Waals surface area contributed by atoms with Crippen molar-refractivity contribution in [1.82, 2.24) is 0 Å². The summed E-state index contributed by atoms with van der Waals surface area (Å²) in [6.07, 6.45) is 0. The van der Waals surface area contributed by atoms with Crippen LogP contribution < -0.4 is 4.74 Å². The van der Waals surface area contributed by atoms with Gasteiger partial charge in [0, 0.05) is 5.02 Å². The summed E-state index contributed by atoms with van der Waals surface area (Å²) in [5.74, 6) is -0.830. The molecule has 0 unspecified atom stereocenters. The number of ether oxygens (including phenoxy) is 1. The van der Waals surface area contributed by atoms with E-state index in [1.165, 1.54) is 18.2 Å². The molecule has 0 aliphatic heterocycles. The van der Waals surface area contributed by atoms with Crippen molar-refractivity contribution in [3.8, 4) is 5.75 Å². The molecule has 104 valence electrons. The zero-order valence-corrected chi connectivity index (χ0v) is 11.3. The van der Waals surface area contributed by atoms with E-state index in [4.69, 9.17) is 26.6 Å². The van der Waals surface area contributed by atoms with Gasteiger partial charge in [0.1, 0.15) is 17.9 Å². The monoisotopic (exact) mass is 292 g/mol. The predicted octanol–water partition coefficient (Wildman–Crippen LogP) is 3.11. The summed E-state index contributed by atoms with van der Waals surface area (Å²) in [5.41, 5.74) is 1.75. The highest BCUT2D eigenvalue weighted by Gasteiger charge is 2.11. The van der Waals surface area contributed by atoms with Crippen molar-refractivity contribution in [1.29, 1.82) is 0 Å². The normalized spacial score (nSPS) is 10.3. The summed E-state index contributed by atoms with van der Waals surface area (Å²) in [4.78, 5) is 11.1. The number of aromatic carboxylic acids is 1. The van der Waals surface area contributed by atoms with E-state index in [0.29, 0.717) is 5.02 Å². The largest absolute Gasteiger partial charge is 0.488 e. The van der Waals surface area contributed by atoms with Crippen LogP contribution in [0.4, 0.5) is 0 Å². The Morgan fingerprint density at radius 3 is 2.35 bits per heavy atom. The van der Waals surface area contributed by atoms with E-state index in [2.05, 4.69) is 0 Å². The molecule has 0 bridgehead atoms. The van der Waals surface area contributed by atoms with Gasteiger partial charge in [0.2, 0.25) is 0 Å². The molecule has 0 radical (unpaired) electrons. The fraction of sp³-hybridized carbons (Fsp3) is 0.133. The summed E-state index contributed by atoms with van der Waals surface area (Å²) >= 11 is 5.84. The quantitative estimate of drug-likeness (QED) is 0.888. The fourth-order valence-corrected chi connectivity index (χ4v) is 1.86. The molecular weight excluding hydrogens is 280 g/mol. The van der Waals surface area contributed by atoms with Crippen LogP contribution in [-0.2, 0) is 13.2 Å². The molecule has 2 N–H and O–H groups in total. The van der Waals surface area contributed by atoms with Crippen LogP contribution in [0.5, 0.6) is 5.75 Å². The number of aliphatic hydroxyl groups is 1. The minimum Gasteiger partial charge on any atom is -0.488 e. The van der Waals surface area contributed by atoms with Gasteiger partial charge in [-0.1, -0.05) is 35.9 Å². The zero-order valence-electron chi connectivity index (χ0n) is 10.5. The van der Waals surface area contributed by atoms with Crippen LogP contribution >= 0.6 is 11.6 Å². The maximum absolute atomic E-state index is 11.1. The van der Waals surface area contributed by atoms with E-state index in [0.717, 1.165) is 11.1 Å². The average Bonchev–Trinajstić information content (AvgIpc) is 2.45. The van der Waals surface area contributed by atoms with Gasteiger partial charge < -0.3 is 14.9 Å². The molecule has 5 heteroatoms. The number of carboxylic acid groups (broad SMARTS) is 1. The number of benzene rings is 2. The Labute approximate surface area is 121 Å². The van der Waals surface area contributed by atoms with Gasteiger partial charge in [0.05, 0.1) is 6.61 Å². The van der Waals surface area contributed by atoms with Gasteiger partial charge in [-0.3, -0.25) is 0 Å². The molecule has 0 saturated carbocycles. The number of carboxylic acids is 1. The summed E-state index contributed by atoms with van der Waals surface area (Å²) in [6.45, 7) is 0.213. The molecule has 2 rings (SSSR count). The van der Waals surface area contributed by atoms with Crippen molar-refractivity contribution < 1.29 is 19.7 Å². The summed E-state index contributed by atoms with van der Waals surface area (Å²) in [6, 6.07) is 11.6. The minimum absolute atomic E-state index is 0.0153. The van der Waals surface area contributed by atoms with Crippen molar-refractivity contribution in [3.63, 3.8) is 0 Å². The standard InChI is InChI=1S/C15H13ClO4/c16-12-5-6-13(15(18)19)14(7-12)20-9-11-3-1-10(8-17)2-4-11/h1-7,17H,8-9H2,(H,18,19). The number of carbonyl (C=O) groups is 1. The smallest absolute Gasteiger partial charge is 0.339 e. The van der Waals surface area contributed by atoms with Gasteiger partial charge in [0.25, 0.3) is 0 Å². The number of rotatable bonds is 5. The van der Waals surface area contributed by atoms with E-state index in [-0.39, 0.29) is 24.5 Å². The van der Waals surface area contributed by atoms with Crippen molar-refractivity contribution in [2.75, 3.05) is 0 Å². The van der Waals surface area contributed by atoms with E-state index in [1.807, 2.05) is 12.1 Å². The first-order valence-electron chi connectivity index (χ1n) is 5.94. The second kappa shape index (κ2) is 6.41. The van der Waals surface area contributed by atoms with Crippen LogP contribution in [0.1, 0.15) is 21.5 Å². The molecule has 0 aliphatic rings. The second-order valence-electron chi connectivity index (χ2n) is 4.21. The second-order valence-corrected chi connectivity index (χ2v) is 4.65. The van der Waals surface area contributed by atoms with Crippen LogP contribution in [-0.4, -0.2) is 16.2 Å². The van der Waals surface area contributed by atoms with E-state index in [9.17, 15) is 4.79 Å². The van der Waals surface area contributed by atoms with Crippen LogP contribution in [0.2, 0.25) is 5.02 Å². The van der Waals surface area contributed by atoms with Crippen LogP contribution in [0.25, 0.3) is 0 Å². The maximum atomic E-state index is 11.1. The molecule has 0 spiro atoms. The SMILES string of the molecule is O=C(O)c1ccc(Cl)cc1OCc1ccc(CO)cc1. The molecule has 0 atom stereocenters. The molecule has 0 fully saturated rings. The van der Waals surface area contributed by atoms with Gasteiger partial charge in [-0.15, -0.1) is 0 Å². The first-order chi connectivity index (χ1) is 9.60. The molecule has 0 saturated heterocycles. The van der Waals surface area contributed by atoms with Crippen molar-refractivity contribution in [3.05, 3.63) is 64.2 Å². The maximum Gasteiger partial charge on any atom is 0.339 e. The van der Waals surface area contributed by atoms with Gasteiger partial charge in [-0.05, 0) is 29.3 Å². The number of hydrogen-bond donors (Lipinski definition) is 2.